The molecule has 6 aromatic rings. The first-order chi connectivity index (χ1) is 30.5. The van der Waals surface area contributed by atoms with E-state index in [4.69, 9.17) is 14.7 Å². The molecule has 0 saturated carbocycles. The fourth-order valence-corrected chi connectivity index (χ4v) is 9.35. The number of piperidine rings is 1. The van der Waals surface area contributed by atoms with Crippen LogP contribution in [-0.4, -0.2) is 86.5 Å². The Morgan fingerprint density at radius 1 is 0.645 bits per heavy atom. The van der Waals surface area contributed by atoms with Gasteiger partial charge in [-0.3, -0.25) is 19.8 Å². The van der Waals surface area contributed by atoms with Gasteiger partial charge in [-0.25, -0.2) is 9.97 Å². The molecule has 0 bridgehead atoms. The van der Waals surface area contributed by atoms with E-state index < -0.39 is 6.04 Å². The van der Waals surface area contributed by atoms with Crippen molar-refractivity contribution in [3.63, 3.8) is 0 Å². The number of nitrogens with one attached hydrogen (secondary N) is 3. The lowest BCUT2D eigenvalue weighted by Crippen LogP contribution is -2.44. The highest BCUT2D eigenvalue weighted by molar-refractivity contribution is 5.84. The minimum atomic E-state index is -0.502. The van der Waals surface area contributed by atoms with Crippen molar-refractivity contribution in [2.75, 3.05) is 40.0 Å². The zero-order valence-corrected chi connectivity index (χ0v) is 35.3. The van der Waals surface area contributed by atoms with Crippen LogP contribution in [0, 0.1) is 11.8 Å². The molecule has 11 nitrogen and oxygen atoms in total. The van der Waals surface area contributed by atoms with Crippen LogP contribution in [0.15, 0.2) is 122 Å². The van der Waals surface area contributed by atoms with E-state index >= 15 is 0 Å². The van der Waals surface area contributed by atoms with Gasteiger partial charge in [-0.1, -0.05) is 103 Å². The normalized spacial score (nSPS) is 18.9. The fourth-order valence-electron chi connectivity index (χ4n) is 9.35. The summed E-state index contributed by atoms with van der Waals surface area (Å²) in [5, 5.41) is 3.26. The zero-order chi connectivity index (χ0) is 42.3. The number of likely N-dealkylation sites (tertiary alicyclic amines) is 3. The first kappa shape index (κ1) is 41.1. The first-order valence-electron chi connectivity index (χ1n) is 22.0. The summed E-state index contributed by atoms with van der Waals surface area (Å²) in [7, 11) is 1.62. The molecule has 3 N–H and O–H groups in total. The fraction of sp³-hybridized carbons (Fsp3) is 0.333. The quantitative estimate of drug-likeness (QED) is 0.0838. The third-order valence-electron chi connectivity index (χ3n) is 12.6. The molecule has 3 fully saturated rings. The second-order valence-corrected chi connectivity index (χ2v) is 16.5. The van der Waals surface area contributed by atoms with Crippen molar-refractivity contribution in [2.45, 2.75) is 69.1 Å². The monoisotopic (exact) mass is 826 g/mol. The largest absolute Gasteiger partial charge is 0.370 e. The van der Waals surface area contributed by atoms with Gasteiger partial charge in [0.2, 0.25) is 11.8 Å². The first-order valence-corrected chi connectivity index (χ1v) is 22.0. The number of H-pyrrole nitrogens is 2. The topological polar surface area (TPSA) is 122 Å². The van der Waals surface area contributed by atoms with Crippen molar-refractivity contribution in [1.82, 2.24) is 40.0 Å². The maximum Gasteiger partial charge on any atom is 0.245 e. The van der Waals surface area contributed by atoms with Crippen molar-refractivity contribution >= 4 is 11.8 Å². The van der Waals surface area contributed by atoms with E-state index in [9.17, 15) is 9.59 Å². The highest BCUT2D eigenvalue weighted by Crippen LogP contribution is 2.37. The number of carbonyl (C=O) groups is 2. The number of hydrogen-bond acceptors (Lipinski definition) is 7. The zero-order valence-electron chi connectivity index (χ0n) is 35.3. The van der Waals surface area contributed by atoms with Crippen LogP contribution in [0.5, 0.6) is 0 Å². The second kappa shape index (κ2) is 19.2. The van der Waals surface area contributed by atoms with Gasteiger partial charge in [0.25, 0.3) is 0 Å². The summed E-state index contributed by atoms with van der Waals surface area (Å²) >= 11 is 0. The van der Waals surface area contributed by atoms with Crippen LogP contribution < -0.4 is 5.32 Å². The van der Waals surface area contributed by atoms with Gasteiger partial charge in [0.1, 0.15) is 23.7 Å². The molecule has 0 aliphatic carbocycles. The Kier molecular flexibility index (Phi) is 12.7. The SMILES string of the molecule is COCNC(C(=O)N1CCCC1c1ncc(-c2ccc(C#Cc3ccc(-c4cnc(C5CCCN5C(=O)C(c5ccccc5)N5CCCCC5)[nH]4)cc3)cc2)[nH]1)c1ccccc1. The summed E-state index contributed by atoms with van der Waals surface area (Å²) in [5.74, 6) is 8.45. The van der Waals surface area contributed by atoms with E-state index in [-0.39, 0.29) is 36.7 Å². The number of methoxy groups -OCH3 is 1. The average molecular weight is 827 g/mol. The summed E-state index contributed by atoms with van der Waals surface area (Å²) in [4.78, 5) is 51.3. The Hall–Kier alpha value is -6.32. The van der Waals surface area contributed by atoms with E-state index in [1.807, 2.05) is 102 Å². The molecule has 0 spiro atoms. The number of carbonyl (C=O) groups excluding carboxylic acids is 2. The van der Waals surface area contributed by atoms with Crippen LogP contribution in [-0.2, 0) is 14.3 Å². The predicted molar refractivity (Wildman–Crippen MR) is 240 cm³/mol. The summed E-state index contributed by atoms with van der Waals surface area (Å²) < 4.78 is 5.26. The molecule has 5 heterocycles. The molecule has 3 aliphatic heterocycles. The Labute approximate surface area is 363 Å². The molecule has 62 heavy (non-hydrogen) atoms. The van der Waals surface area contributed by atoms with Crippen molar-refractivity contribution in [3.8, 4) is 34.4 Å². The standard InChI is InChI=1S/C51H54N8O3/c1-62-35-54-46(40-13-5-2-6-14-40)50(60)58-31-11-17-44(58)48-52-33-42(55-48)38-25-21-36(22-26-38)19-20-37-23-27-39(28-24-37)43-34-53-49(56-43)45-18-12-32-59(45)51(61)47(41-15-7-3-8-16-41)57-29-9-4-10-30-57/h2-3,5-8,13-16,21-28,33-34,44-47,54H,4,9-12,17-18,29-32,35H2,1H3,(H,52,55)(H,53,56). The number of aromatic amines is 2. The molecule has 9 rings (SSSR count). The van der Waals surface area contributed by atoms with Gasteiger partial charge in [0.15, 0.2) is 0 Å². The molecule has 4 unspecified atom stereocenters. The van der Waals surface area contributed by atoms with Gasteiger partial charge >= 0.3 is 0 Å². The smallest absolute Gasteiger partial charge is 0.245 e. The number of nitrogens with zero attached hydrogens (tertiary/aromatic N) is 5. The minimum Gasteiger partial charge on any atom is -0.370 e. The Morgan fingerprint density at radius 2 is 1.15 bits per heavy atom. The van der Waals surface area contributed by atoms with E-state index in [1.54, 1.807) is 7.11 Å². The molecule has 2 amide bonds. The van der Waals surface area contributed by atoms with Crippen LogP contribution in [0.2, 0.25) is 0 Å². The maximum absolute atomic E-state index is 14.3. The van der Waals surface area contributed by atoms with Crippen LogP contribution in [0.1, 0.15) is 103 Å². The molecule has 0 radical (unpaired) electrons. The Morgan fingerprint density at radius 3 is 1.66 bits per heavy atom. The van der Waals surface area contributed by atoms with Crippen molar-refractivity contribution in [3.05, 3.63) is 155 Å². The van der Waals surface area contributed by atoms with Gasteiger partial charge in [0.05, 0.1) is 42.6 Å². The number of aromatic nitrogens is 4. The predicted octanol–water partition coefficient (Wildman–Crippen LogP) is 8.36. The van der Waals surface area contributed by atoms with E-state index in [0.29, 0.717) is 6.54 Å². The number of ether oxygens (including phenoxy) is 1. The van der Waals surface area contributed by atoms with Crippen molar-refractivity contribution in [1.29, 1.82) is 0 Å². The summed E-state index contributed by atoms with van der Waals surface area (Å²) in [6.07, 6.45) is 10.8. The maximum atomic E-state index is 14.3. The number of benzene rings is 4. The average Bonchev–Trinajstić information content (AvgIpc) is 4.18. The molecular weight excluding hydrogens is 773 g/mol. The Bertz CT molecular complexity index is 2480. The molecule has 4 atom stereocenters. The lowest BCUT2D eigenvalue weighted by molar-refractivity contribution is -0.139. The van der Waals surface area contributed by atoms with Crippen LogP contribution in [0.25, 0.3) is 22.5 Å². The lowest BCUT2D eigenvalue weighted by atomic mass is 10.00. The third kappa shape index (κ3) is 9.00. The van der Waals surface area contributed by atoms with E-state index in [1.165, 1.54) is 6.42 Å². The van der Waals surface area contributed by atoms with Crippen LogP contribution in [0.3, 0.4) is 0 Å². The summed E-state index contributed by atoms with van der Waals surface area (Å²) in [5.41, 5.74) is 7.64. The van der Waals surface area contributed by atoms with Gasteiger partial charge in [0, 0.05) is 31.3 Å². The molecule has 2 aromatic heterocycles. The highest BCUT2D eigenvalue weighted by Gasteiger charge is 2.39. The van der Waals surface area contributed by atoms with Gasteiger partial charge < -0.3 is 24.5 Å². The molecule has 11 heteroatoms. The highest BCUT2D eigenvalue weighted by atomic mass is 16.5. The molecule has 3 saturated heterocycles. The van der Waals surface area contributed by atoms with Crippen LogP contribution >= 0.6 is 0 Å². The van der Waals surface area contributed by atoms with E-state index in [0.717, 1.165) is 115 Å². The number of rotatable bonds is 12. The Balaban J connectivity index is 0.833. The number of amides is 2. The minimum absolute atomic E-state index is 0.0163. The third-order valence-corrected chi connectivity index (χ3v) is 12.6. The van der Waals surface area contributed by atoms with Crippen molar-refractivity contribution < 1.29 is 14.3 Å². The van der Waals surface area contributed by atoms with Crippen LogP contribution in [0.4, 0.5) is 0 Å². The van der Waals surface area contributed by atoms with Gasteiger partial charge in [-0.05, 0) is 98.1 Å². The molecule has 3 aliphatic rings. The number of hydrogen-bond donors (Lipinski definition) is 3. The molecule has 316 valence electrons. The van der Waals surface area contributed by atoms with Gasteiger partial charge in [-0.2, -0.15) is 0 Å². The number of imidazole rings is 2. The molecule has 4 aromatic carbocycles. The summed E-state index contributed by atoms with van der Waals surface area (Å²) in [6, 6.07) is 35.4. The van der Waals surface area contributed by atoms with Crippen molar-refractivity contribution in [2.24, 2.45) is 0 Å². The van der Waals surface area contributed by atoms with E-state index in [2.05, 4.69) is 61.2 Å². The lowest BCUT2D eigenvalue weighted by Gasteiger charge is -2.37. The summed E-state index contributed by atoms with van der Waals surface area (Å²) in [6.45, 7) is 3.59. The van der Waals surface area contributed by atoms with Gasteiger partial charge in [-0.15, -0.1) is 0 Å². The molecular formula is C51H54N8O3. The second-order valence-electron chi connectivity index (χ2n) is 16.5.